The Bertz CT molecular complexity index is 617. The third-order valence-electron chi connectivity index (χ3n) is 5.50. The van der Waals surface area contributed by atoms with Gasteiger partial charge in [0.15, 0.2) is 0 Å². The first kappa shape index (κ1) is 24.4. The van der Waals surface area contributed by atoms with E-state index in [4.69, 9.17) is 0 Å². The van der Waals surface area contributed by atoms with E-state index in [0.717, 1.165) is 18.9 Å². The number of hydrogen-bond acceptors (Lipinski definition) is 1. The molecule has 0 radical (unpaired) electrons. The van der Waals surface area contributed by atoms with Gasteiger partial charge in [-0.05, 0) is 62.7 Å². The van der Waals surface area contributed by atoms with E-state index in [1.165, 1.54) is 42.4 Å². The Morgan fingerprint density at radius 2 is 1.75 bits per heavy atom. The summed E-state index contributed by atoms with van der Waals surface area (Å²) in [5.41, 5.74) is 3.94. The maximum absolute atomic E-state index is 4.50. The molecule has 156 valence electrons. The number of rotatable bonds is 13. The Morgan fingerprint density at radius 3 is 2.29 bits per heavy atom. The quantitative estimate of drug-likeness (QED) is 0.314. The first-order chi connectivity index (χ1) is 13.5. The number of hydrogen-bond donors (Lipinski definition) is 0. The van der Waals surface area contributed by atoms with Crippen molar-refractivity contribution in [1.82, 2.24) is 4.90 Å². The molecule has 0 heterocycles. The lowest BCUT2D eigenvalue weighted by Gasteiger charge is -2.38. The van der Waals surface area contributed by atoms with Crippen molar-refractivity contribution in [2.75, 3.05) is 6.54 Å². The minimum absolute atomic E-state index is 0.226. The molecule has 1 heteroatoms. The molecule has 1 aromatic rings. The summed E-state index contributed by atoms with van der Waals surface area (Å²) in [6.07, 6.45) is 14.7. The Hall–Kier alpha value is -1.60. The van der Waals surface area contributed by atoms with E-state index in [-0.39, 0.29) is 6.04 Å². The van der Waals surface area contributed by atoms with Crippen LogP contribution >= 0.6 is 0 Å². The van der Waals surface area contributed by atoms with E-state index >= 15 is 0 Å². The van der Waals surface area contributed by atoms with Gasteiger partial charge in [-0.3, -0.25) is 4.90 Å². The summed E-state index contributed by atoms with van der Waals surface area (Å²) in [6, 6.07) is 9.79. The lowest BCUT2D eigenvalue weighted by atomic mass is 9.91. The van der Waals surface area contributed by atoms with Crippen molar-refractivity contribution in [1.29, 1.82) is 0 Å². The van der Waals surface area contributed by atoms with Crippen LogP contribution in [0.15, 0.2) is 60.7 Å². The molecule has 1 aromatic carbocycles. The van der Waals surface area contributed by atoms with Crippen molar-refractivity contribution in [2.45, 2.75) is 85.7 Å². The van der Waals surface area contributed by atoms with Crippen LogP contribution in [0.3, 0.4) is 0 Å². The zero-order chi connectivity index (χ0) is 20.9. The standard InChI is InChI=1S/C27H43N/c1-8-12-13-17-23(7)27(26-19-14-18-24(11-4)20-26)28(22(5)6)21-25(15-9-2)16-10-3/h8,12-14,17-20,22,25,27H,7,9-11,15-16,21H2,1-6H3/b12-8-,17-13-. The smallest absolute Gasteiger partial charge is 0.0598 e. The lowest BCUT2D eigenvalue weighted by molar-refractivity contribution is 0.140. The molecule has 1 nitrogen and oxygen atoms in total. The van der Waals surface area contributed by atoms with Crippen LogP contribution in [0.4, 0.5) is 0 Å². The molecular formula is C27H43N. The molecule has 0 bridgehead atoms. The molecule has 1 unspecified atom stereocenters. The second-order valence-electron chi connectivity index (χ2n) is 8.19. The second-order valence-corrected chi connectivity index (χ2v) is 8.19. The number of aryl methyl sites for hydroxylation is 1. The van der Waals surface area contributed by atoms with Crippen LogP contribution in [0.1, 0.15) is 84.4 Å². The molecular weight excluding hydrogens is 338 g/mol. The third-order valence-corrected chi connectivity index (χ3v) is 5.50. The summed E-state index contributed by atoms with van der Waals surface area (Å²) in [7, 11) is 0. The highest BCUT2D eigenvalue weighted by Gasteiger charge is 2.27. The molecule has 0 saturated heterocycles. The number of allylic oxidation sites excluding steroid dienone is 3. The molecule has 0 saturated carbocycles. The van der Waals surface area contributed by atoms with E-state index in [9.17, 15) is 0 Å². The fourth-order valence-corrected chi connectivity index (χ4v) is 4.04. The predicted molar refractivity (Wildman–Crippen MR) is 127 cm³/mol. The maximum Gasteiger partial charge on any atom is 0.0598 e. The predicted octanol–water partition coefficient (Wildman–Crippen LogP) is 7.91. The van der Waals surface area contributed by atoms with Crippen LogP contribution < -0.4 is 0 Å². The Labute approximate surface area is 175 Å². The van der Waals surface area contributed by atoms with Gasteiger partial charge in [-0.25, -0.2) is 0 Å². The van der Waals surface area contributed by atoms with Gasteiger partial charge in [0.05, 0.1) is 6.04 Å². The van der Waals surface area contributed by atoms with Crippen molar-refractivity contribution in [3.8, 4) is 0 Å². The highest BCUT2D eigenvalue weighted by atomic mass is 15.2. The van der Waals surface area contributed by atoms with Crippen LogP contribution in [0.2, 0.25) is 0 Å². The molecule has 0 aromatic heterocycles. The van der Waals surface area contributed by atoms with Gasteiger partial charge < -0.3 is 0 Å². The van der Waals surface area contributed by atoms with Crippen molar-refractivity contribution in [3.05, 3.63) is 71.8 Å². The van der Waals surface area contributed by atoms with Gasteiger partial charge in [-0.15, -0.1) is 0 Å². The summed E-state index contributed by atoms with van der Waals surface area (Å²) >= 11 is 0. The Kier molecular flexibility index (Phi) is 11.8. The fraction of sp³-hybridized carbons (Fsp3) is 0.556. The van der Waals surface area contributed by atoms with Crippen molar-refractivity contribution in [3.63, 3.8) is 0 Å². The molecule has 0 spiro atoms. The summed E-state index contributed by atoms with van der Waals surface area (Å²) in [6.45, 7) is 19.2. The zero-order valence-corrected chi connectivity index (χ0v) is 19.2. The minimum atomic E-state index is 0.226. The first-order valence-corrected chi connectivity index (χ1v) is 11.3. The van der Waals surface area contributed by atoms with Gasteiger partial charge in [-0.2, -0.15) is 0 Å². The molecule has 1 rings (SSSR count). The molecule has 0 aliphatic rings. The van der Waals surface area contributed by atoms with Gasteiger partial charge in [0.25, 0.3) is 0 Å². The molecule has 0 N–H and O–H groups in total. The molecule has 0 aliphatic carbocycles. The van der Waals surface area contributed by atoms with E-state index in [2.05, 4.69) is 102 Å². The molecule has 0 amide bonds. The largest absolute Gasteiger partial charge is 0.290 e. The zero-order valence-electron chi connectivity index (χ0n) is 19.2. The van der Waals surface area contributed by atoms with E-state index in [1.54, 1.807) is 0 Å². The average Bonchev–Trinajstić information content (AvgIpc) is 2.68. The summed E-state index contributed by atoms with van der Waals surface area (Å²) in [5, 5.41) is 0. The van der Waals surface area contributed by atoms with Crippen LogP contribution in [0, 0.1) is 5.92 Å². The summed E-state index contributed by atoms with van der Waals surface area (Å²) in [4.78, 5) is 2.67. The monoisotopic (exact) mass is 381 g/mol. The van der Waals surface area contributed by atoms with Gasteiger partial charge in [0.1, 0.15) is 0 Å². The van der Waals surface area contributed by atoms with E-state index in [1.807, 2.05) is 0 Å². The molecule has 0 fully saturated rings. The van der Waals surface area contributed by atoms with Crippen LogP contribution in [0.5, 0.6) is 0 Å². The van der Waals surface area contributed by atoms with E-state index < -0.39 is 0 Å². The normalized spacial score (nSPS) is 13.5. The number of nitrogens with zero attached hydrogens (tertiary/aromatic N) is 1. The summed E-state index contributed by atoms with van der Waals surface area (Å²) in [5.74, 6) is 0.751. The maximum atomic E-state index is 4.50. The van der Waals surface area contributed by atoms with Gasteiger partial charge in [0.2, 0.25) is 0 Å². The van der Waals surface area contributed by atoms with Crippen molar-refractivity contribution in [2.24, 2.45) is 5.92 Å². The van der Waals surface area contributed by atoms with Crippen LogP contribution in [-0.2, 0) is 6.42 Å². The molecule has 0 aliphatic heterocycles. The average molecular weight is 382 g/mol. The van der Waals surface area contributed by atoms with Crippen molar-refractivity contribution < 1.29 is 0 Å². The minimum Gasteiger partial charge on any atom is -0.290 e. The van der Waals surface area contributed by atoms with Crippen LogP contribution in [-0.4, -0.2) is 17.5 Å². The summed E-state index contributed by atoms with van der Waals surface area (Å²) < 4.78 is 0. The van der Waals surface area contributed by atoms with Gasteiger partial charge in [0, 0.05) is 12.6 Å². The Balaban J connectivity index is 3.31. The number of benzene rings is 1. The SMILES string of the molecule is C=C(/C=C\C=C/C)C(c1cccc(CC)c1)N(CC(CCC)CCC)C(C)C. The van der Waals surface area contributed by atoms with Crippen molar-refractivity contribution >= 4 is 0 Å². The highest BCUT2D eigenvalue weighted by molar-refractivity contribution is 5.36. The first-order valence-electron chi connectivity index (χ1n) is 11.3. The molecule has 28 heavy (non-hydrogen) atoms. The second kappa shape index (κ2) is 13.6. The van der Waals surface area contributed by atoms with Gasteiger partial charge in [-0.1, -0.05) is 88.8 Å². The van der Waals surface area contributed by atoms with E-state index in [0.29, 0.717) is 6.04 Å². The highest BCUT2D eigenvalue weighted by Crippen LogP contribution is 2.33. The third kappa shape index (κ3) is 7.80. The lowest BCUT2D eigenvalue weighted by Crippen LogP contribution is -2.39. The van der Waals surface area contributed by atoms with Crippen LogP contribution in [0.25, 0.3) is 0 Å². The molecule has 1 atom stereocenters. The fourth-order valence-electron chi connectivity index (χ4n) is 4.04. The topological polar surface area (TPSA) is 3.24 Å². The Morgan fingerprint density at radius 1 is 1.07 bits per heavy atom. The van der Waals surface area contributed by atoms with Gasteiger partial charge >= 0.3 is 0 Å².